The minimum Gasteiger partial charge on any atom is -0.366 e. The van der Waals surface area contributed by atoms with Crippen molar-refractivity contribution in [3.05, 3.63) is 69.2 Å². The number of amides is 1. The first kappa shape index (κ1) is 12.6. The van der Waals surface area contributed by atoms with E-state index in [9.17, 15) is 14.4 Å². The zero-order valence-corrected chi connectivity index (χ0v) is 10.9. The summed E-state index contributed by atoms with van der Waals surface area (Å²) in [5.74, 6) is -1.51. The maximum Gasteiger partial charge on any atom is 0.249 e. The van der Waals surface area contributed by atoms with Gasteiger partial charge in [-0.2, -0.15) is 0 Å². The zero-order chi connectivity index (χ0) is 14.4. The van der Waals surface area contributed by atoms with Crippen molar-refractivity contribution in [2.24, 2.45) is 5.73 Å². The Bertz CT molecular complexity index is 796. The second-order valence-electron chi connectivity index (χ2n) is 4.44. The van der Waals surface area contributed by atoms with E-state index in [0.717, 1.165) is 0 Å². The fourth-order valence-electron chi connectivity index (χ4n) is 2.38. The van der Waals surface area contributed by atoms with Gasteiger partial charge in [0, 0.05) is 27.3 Å². The van der Waals surface area contributed by atoms with E-state index >= 15 is 0 Å². The number of rotatable bonds is 1. The number of hydrogen-bond acceptors (Lipinski definition) is 3. The molecule has 1 aliphatic rings. The quantitative estimate of drug-likeness (QED) is 0.744. The van der Waals surface area contributed by atoms with Crippen LogP contribution in [0, 0.1) is 0 Å². The molecule has 0 spiro atoms. The highest BCUT2D eigenvalue weighted by atomic mass is 35.5. The molecule has 4 nitrogen and oxygen atoms in total. The maximum atomic E-state index is 12.5. The van der Waals surface area contributed by atoms with Crippen molar-refractivity contribution in [2.45, 2.75) is 0 Å². The third-order valence-corrected chi connectivity index (χ3v) is 3.47. The highest BCUT2D eigenvalue weighted by molar-refractivity contribution is 6.35. The Kier molecular flexibility index (Phi) is 2.69. The number of primary amides is 1. The second kappa shape index (κ2) is 4.28. The molecule has 0 fully saturated rings. The fraction of sp³-hybridized carbons (Fsp3) is 0. The average molecular weight is 286 g/mol. The molecule has 2 aromatic carbocycles. The van der Waals surface area contributed by atoms with Crippen LogP contribution < -0.4 is 5.73 Å². The first-order valence-corrected chi connectivity index (χ1v) is 6.20. The molecule has 2 N–H and O–H groups in total. The summed E-state index contributed by atoms with van der Waals surface area (Å²) in [4.78, 5) is 36.4. The van der Waals surface area contributed by atoms with Gasteiger partial charge >= 0.3 is 0 Å². The van der Waals surface area contributed by atoms with Crippen LogP contribution in [0.25, 0.3) is 0 Å². The number of carbonyl (C=O) groups is 3. The summed E-state index contributed by atoms with van der Waals surface area (Å²) in [6.07, 6.45) is 0. The van der Waals surface area contributed by atoms with Crippen LogP contribution in [0.3, 0.4) is 0 Å². The van der Waals surface area contributed by atoms with Crippen molar-refractivity contribution in [3.63, 3.8) is 0 Å². The molecule has 0 bridgehead atoms. The molecule has 98 valence electrons. The van der Waals surface area contributed by atoms with Crippen molar-refractivity contribution >= 4 is 29.1 Å². The lowest BCUT2D eigenvalue weighted by Crippen LogP contribution is -2.26. The third kappa shape index (κ3) is 1.66. The van der Waals surface area contributed by atoms with Gasteiger partial charge in [0.25, 0.3) is 0 Å². The molecule has 0 aromatic heterocycles. The predicted molar refractivity (Wildman–Crippen MR) is 73.3 cm³/mol. The molecule has 0 saturated carbocycles. The van der Waals surface area contributed by atoms with Gasteiger partial charge in [0.05, 0.1) is 5.56 Å². The summed E-state index contributed by atoms with van der Waals surface area (Å²) in [6, 6.07) is 9.16. The van der Waals surface area contributed by atoms with Gasteiger partial charge in [-0.1, -0.05) is 35.9 Å². The Labute approximate surface area is 119 Å². The topological polar surface area (TPSA) is 77.2 Å². The summed E-state index contributed by atoms with van der Waals surface area (Å²) >= 11 is 5.89. The number of ketones is 2. The Morgan fingerprint density at radius 3 is 2.15 bits per heavy atom. The van der Waals surface area contributed by atoms with Gasteiger partial charge in [-0.25, -0.2) is 0 Å². The van der Waals surface area contributed by atoms with E-state index in [-0.39, 0.29) is 38.8 Å². The van der Waals surface area contributed by atoms with Crippen molar-refractivity contribution < 1.29 is 14.4 Å². The van der Waals surface area contributed by atoms with E-state index < -0.39 is 5.91 Å². The van der Waals surface area contributed by atoms with Gasteiger partial charge in [-0.05, 0) is 12.1 Å². The Balaban J connectivity index is 2.39. The van der Waals surface area contributed by atoms with E-state index in [0.29, 0.717) is 5.56 Å². The minimum absolute atomic E-state index is 0.0275. The number of nitrogens with two attached hydrogens (primary N) is 1. The second-order valence-corrected chi connectivity index (χ2v) is 4.88. The van der Waals surface area contributed by atoms with Gasteiger partial charge in [0.2, 0.25) is 5.91 Å². The number of fused-ring (bicyclic) bond motifs is 2. The van der Waals surface area contributed by atoms with Gasteiger partial charge < -0.3 is 5.73 Å². The SMILES string of the molecule is NC(=O)c1cc(Cl)cc2c1C(=O)c1ccccc1C2=O. The molecule has 0 saturated heterocycles. The summed E-state index contributed by atoms with van der Waals surface area (Å²) in [7, 11) is 0. The molecule has 5 heteroatoms. The van der Waals surface area contributed by atoms with Crippen LogP contribution in [0.4, 0.5) is 0 Å². The van der Waals surface area contributed by atoms with Crippen molar-refractivity contribution in [1.82, 2.24) is 0 Å². The Hall–Kier alpha value is -2.46. The highest BCUT2D eigenvalue weighted by Gasteiger charge is 2.32. The monoisotopic (exact) mass is 285 g/mol. The summed E-state index contributed by atoms with van der Waals surface area (Å²) in [6.45, 7) is 0. The molecule has 20 heavy (non-hydrogen) atoms. The van der Waals surface area contributed by atoms with Crippen LogP contribution >= 0.6 is 11.6 Å². The first-order valence-electron chi connectivity index (χ1n) is 5.82. The third-order valence-electron chi connectivity index (χ3n) is 3.26. The fourth-order valence-corrected chi connectivity index (χ4v) is 2.60. The molecular formula is C15H8ClNO3. The number of halogens is 1. The van der Waals surface area contributed by atoms with E-state index in [1.165, 1.54) is 12.1 Å². The van der Waals surface area contributed by atoms with Crippen LogP contribution in [0.15, 0.2) is 36.4 Å². The molecule has 0 radical (unpaired) electrons. The molecule has 0 aliphatic heterocycles. The molecule has 1 amide bonds. The summed E-state index contributed by atoms with van der Waals surface area (Å²) in [5, 5.41) is 0.193. The normalized spacial score (nSPS) is 12.8. The standard InChI is InChI=1S/C15H8ClNO3/c16-7-5-10-12(11(6-7)15(17)20)14(19)9-4-2-1-3-8(9)13(10)18/h1-6H,(H2,17,20). The number of hydrogen-bond donors (Lipinski definition) is 1. The smallest absolute Gasteiger partial charge is 0.249 e. The molecule has 1 aliphatic carbocycles. The first-order chi connectivity index (χ1) is 9.50. The van der Waals surface area contributed by atoms with E-state index in [1.54, 1.807) is 24.3 Å². The number of carbonyl (C=O) groups excluding carboxylic acids is 3. The lowest BCUT2D eigenvalue weighted by molar-refractivity contribution is 0.0964. The van der Waals surface area contributed by atoms with E-state index in [2.05, 4.69) is 0 Å². The molecule has 0 heterocycles. The van der Waals surface area contributed by atoms with Crippen LogP contribution in [0.1, 0.15) is 42.2 Å². The van der Waals surface area contributed by atoms with Crippen molar-refractivity contribution in [3.8, 4) is 0 Å². The van der Waals surface area contributed by atoms with Crippen LogP contribution in [0.2, 0.25) is 5.02 Å². The maximum absolute atomic E-state index is 12.5. The van der Waals surface area contributed by atoms with Crippen LogP contribution in [-0.4, -0.2) is 17.5 Å². The predicted octanol–water partition coefficient (Wildman–Crippen LogP) is 2.21. The van der Waals surface area contributed by atoms with Gasteiger partial charge in [-0.15, -0.1) is 0 Å². The van der Waals surface area contributed by atoms with Gasteiger partial charge in [0.1, 0.15) is 0 Å². The number of benzene rings is 2. The Morgan fingerprint density at radius 2 is 1.55 bits per heavy atom. The van der Waals surface area contributed by atoms with E-state index in [4.69, 9.17) is 17.3 Å². The lowest BCUT2D eigenvalue weighted by Gasteiger charge is -2.19. The lowest BCUT2D eigenvalue weighted by atomic mass is 9.82. The van der Waals surface area contributed by atoms with Crippen molar-refractivity contribution in [2.75, 3.05) is 0 Å². The van der Waals surface area contributed by atoms with Gasteiger partial charge in [0.15, 0.2) is 11.6 Å². The van der Waals surface area contributed by atoms with Crippen LogP contribution in [0.5, 0.6) is 0 Å². The van der Waals surface area contributed by atoms with Gasteiger partial charge in [-0.3, -0.25) is 14.4 Å². The largest absolute Gasteiger partial charge is 0.366 e. The highest BCUT2D eigenvalue weighted by Crippen LogP contribution is 2.31. The molecule has 2 aromatic rings. The average Bonchev–Trinajstić information content (AvgIpc) is 2.43. The summed E-state index contributed by atoms with van der Waals surface area (Å²) < 4.78 is 0. The summed E-state index contributed by atoms with van der Waals surface area (Å²) in [5.41, 5.74) is 5.98. The van der Waals surface area contributed by atoms with Crippen molar-refractivity contribution in [1.29, 1.82) is 0 Å². The minimum atomic E-state index is -0.788. The molecule has 0 atom stereocenters. The Morgan fingerprint density at radius 1 is 0.950 bits per heavy atom. The van der Waals surface area contributed by atoms with Crippen LogP contribution in [-0.2, 0) is 0 Å². The molecular weight excluding hydrogens is 278 g/mol. The molecule has 0 unspecified atom stereocenters. The molecule has 3 rings (SSSR count). The van der Waals surface area contributed by atoms with E-state index in [1.807, 2.05) is 0 Å². The zero-order valence-electron chi connectivity index (χ0n) is 10.1.